The highest BCUT2D eigenvalue weighted by Gasteiger charge is 2.17. The molecule has 0 atom stereocenters. The van der Waals surface area contributed by atoms with Crippen molar-refractivity contribution in [1.29, 1.82) is 5.26 Å². The Balaban J connectivity index is 2.68. The summed E-state index contributed by atoms with van der Waals surface area (Å²) in [7, 11) is 0. The van der Waals surface area contributed by atoms with Gasteiger partial charge >= 0.3 is 0 Å². The largest absolute Gasteiger partial charge is 0.287 e. The van der Waals surface area contributed by atoms with Gasteiger partial charge in [-0.05, 0) is 6.07 Å². The molecular formula is C12H7N3O2. The lowest BCUT2D eigenvalue weighted by molar-refractivity contribution is -0.385. The molecule has 82 valence electrons. The fourth-order valence-electron chi connectivity index (χ4n) is 1.57. The van der Waals surface area contributed by atoms with Gasteiger partial charge in [-0.3, -0.25) is 15.1 Å². The Morgan fingerprint density at radius 2 is 2.12 bits per heavy atom. The minimum absolute atomic E-state index is 0.0606. The predicted molar refractivity (Wildman–Crippen MR) is 61.0 cm³/mol. The standard InChI is InChI=1S/C12H7N3O2/c13-7-11-10(9-3-2-6-14-8-9)4-1-5-12(11)15(16)17/h1-6,8H. The molecule has 0 aliphatic carbocycles. The van der Waals surface area contributed by atoms with Crippen LogP contribution in [0, 0.1) is 21.4 Å². The van der Waals surface area contributed by atoms with Gasteiger partial charge in [0.1, 0.15) is 11.6 Å². The van der Waals surface area contributed by atoms with E-state index in [1.165, 1.54) is 6.07 Å². The van der Waals surface area contributed by atoms with E-state index >= 15 is 0 Å². The van der Waals surface area contributed by atoms with Crippen LogP contribution >= 0.6 is 0 Å². The summed E-state index contributed by atoms with van der Waals surface area (Å²) in [6.07, 6.45) is 3.17. The molecule has 17 heavy (non-hydrogen) atoms. The minimum Gasteiger partial charge on any atom is -0.264 e. The molecule has 0 spiro atoms. The van der Waals surface area contributed by atoms with Crippen molar-refractivity contribution >= 4 is 5.69 Å². The Morgan fingerprint density at radius 1 is 1.29 bits per heavy atom. The first-order valence-corrected chi connectivity index (χ1v) is 4.82. The van der Waals surface area contributed by atoms with Crippen LogP contribution in [0.25, 0.3) is 11.1 Å². The average molecular weight is 225 g/mol. The summed E-state index contributed by atoms with van der Waals surface area (Å²) >= 11 is 0. The van der Waals surface area contributed by atoms with E-state index in [1.807, 2.05) is 6.07 Å². The smallest absolute Gasteiger partial charge is 0.264 e. The number of nitriles is 1. The first-order chi connectivity index (χ1) is 8.24. The van der Waals surface area contributed by atoms with E-state index in [9.17, 15) is 10.1 Å². The number of benzene rings is 1. The van der Waals surface area contributed by atoms with Crippen molar-refractivity contribution in [2.45, 2.75) is 0 Å². The second-order valence-electron chi connectivity index (χ2n) is 3.31. The lowest BCUT2D eigenvalue weighted by atomic mass is 10.0. The summed E-state index contributed by atoms with van der Waals surface area (Å²) in [5, 5.41) is 19.8. The fraction of sp³-hybridized carbons (Fsp3) is 0. The average Bonchev–Trinajstić information content (AvgIpc) is 2.38. The van der Waals surface area contributed by atoms with Crippen LogP contribution in [0.4, 0.5) is 5.69 Å². The maximum Gasteiger partial charge on any atom is 0.287 e. The van der Waals surface area contributed by atoms with E-state index in [-0.39, 0.29) is 11.3 Å². The molecule has 0 unspecified atom stereocenters. The molecule has 2 rings (SSSR count). The number of hydrogen-bond donors (Lipinski definition) is 0. The molecule has 0 radical (unpaired) electrons. The molecule has 1 heterocycles. The number of nitrogens with zero attached hydrogens (tertiary/aromatic N) is 3. The van der Waals surface area contributed by atoms with Gasteiger partial charge < -0.3 is 0 Å². The molecule has 1 aromatic carbocycles. The van der Waals surface area contributed by atoms with E-state index in [0.717, 1.165) is 0 Å². The molecule has 0 saturated heterocycles. The van der Waals surface area contributed by atoms with Crippen molar-refractivity contribution in [3.05, 3.63) is 58.4 Å². The number of aromatic nitrogens is 1. The van der Waals surface area contributed by atoms with Crippen LogP contribution in [-0.4, -0.2) is 9.91 Å². The summed E-state index contributed by atoms with van der Waals surface area (Å²) in [6, 6.07) is 9.89. The van der Waals surface area contributed by atoms with Crippen molar-refractivity contribution in [2.75, 3.05) is 0 Å². The maximum absolute atomic E-state index is 10.8. The van der Waals surface area contributed by atoms with Crippen molar-refractivity contribution in [3.63, 3.8) is 0 Å². The number of nitro groups is 1. The van der Waals surface area contributed by atoms with Gasteiger partial charge in [0.15, 0.2) is 0 Å². The van der Waals surface area contributed by atoms with Crippen LogP contribution < -0.4 is 0 Å². The second-order valence-corrected chi connectivity index (χ2v) is 3.31. The Hall–Kier alpha value is -2.74. The Kier molecular flexibility index (Phi) is 2.79. The highest BCUT2D eigenvalue weighted by Crippen LogP contribution is 2.29. The lowest BCUT2D eigenvalue weighted by Crippen LogP contribution is -1.94. The van der Waals surface area contributed by atoms with Gasteiger partial charge in [0.2, 0.25) is 0 Å². The predicted octanol–water partition coefficient (Wildman–Crippen LogP) is 2.53. The van der Waals surface area contributed by atoms with Gasteiger partial charge in [-0.2, -0.15) is 5.26 Å². The zero-order valence-corrected chi connectivity index (χ0v) is 8.70. The zero-order chi connectivity index (χ0) is 12.3. The number of rotatable bonds is 2. The van der Waals surface area contributed by atoms with Crippen molar-refractivity contribution < 1.29 is 4.92 Å². The Bertz CT molecular complexity index is 603. The molecule has 5 nitrogen and oxygen atoms in total. The molecule has 0 saturated carbocycles. The molecule has 0 amide bonds. The molecule has 0 aliphatic heterocycles. The Morgan fingerprint density at radius 3 is 2.71 bits per heavy atom. The summed E-state index contributed by atoms with van der Waals surface area (Å²) in [5.41, 5.74) is 1.09. The van der Waals surface area contributed by atoms with Crippen LogP contribution in [0.3, 0.4) is 0 Å². The molecular weight excluding hydrogens is 218 g/mol. The van der Waals surface area contributed by atoms with Crippen LogP contribution in [-0.2, 0) is 0 Å². The molecule has 0 bridgehead atoms. The minimum atomic E-state index is -0.557. The van der Waals surface area contributed by atoms with Gasteiger partial charge in [-0.25, -0.2) is 0 Å². The van der Waals surface area contributed by atoms with Crippen LogP contribution in [0.2, 0.25) is 0 Å². The maximum atomic E-state index is 10.8. The van der Waals surface area contributed by atoms with E-state index < -0.39 is 4.92 Å². The molecule has 1 aromatic heterocycles. The van der Waals surface area contributed by atoms with Gasteiger partial charge in [-0.15, -0.1) is 0 Å². The Labute approximate surface area is 97.1 Å². The van der Waals surface area contributed by atoms with E-state index in [4.69, 9.17) is 5.26 Å². The van der Waals surface area contributed by atoms with Crippen molar-refractivity contribution in [3.8, 4) is 17.2 Å². The first kappa shape index (κ1) is 10.8. The highest BCUT2D eigenvalue weighted by molar-refractivity contribution is 5.74. The van der Waals surface area contributed by atoms with Gasteiger partial charge in [0, 0.05) is 29.6 Å². The third-order valence-electron chi connectivity index (χ3n) is 2.32. The van der Waals surface area contributed by atoms with E-state index in [2.05, 4.69) is 4.98 Å². The van der Waals surface area contributed by atoms with Gasteiger partial charge in [-0.1, -0.05) is 18.2 Å². The van der Waals surface area contributed by atoms with Crippen LogP contribution in [0.5, 0.6) is 0 Å². The third-order valence-corrected chi connectivity index (χ3v) is 2.32. The summed E-state index contributed by atoms with van der Waals surface area (Å²) < 4.78 is 0. The summed E-state index contributed by atoms with van der Waals surface area (Å²) in [4.78, 5) is 14.2. The van der Waals surface area contributed by atoms with Crippen molar-refractivity contribution in [1.82, 2.24) is 4.98 Å². The quantitative estimate of drug-likeness (QED) is 0.581. The number of pyridine rings is 1. The normalized spacial score (nSPS) is 9.59. The lowest BCUT2D eigenvalue weighted by Gasteiger charge is -2.03. The third kappa shape index (κ3) is 1.96. The fourth-order valence-corrected chi connectivity index (χ4v) is 1.57. The topological polar surface area (TPSA) is 79.8 Å². The SMILES string of the molecule is N#Cc1c(-c2cccnc2)cccc1[N+](=O)[O-]. The monoisotopic (exact) mass is 225 g/mol. The highest BCUT2D eigenvalue weighted by atomic mass is 16.6. The second kappa shape index (κ2) is 4.41. The summed E-state index contributed by atoms with van der Waals surface area (Å²) in [5.74, 6) is 0. The van der Waals surface area contributed by atoms with Gasteiger partial charge in [0.05, 0.1) is 4.92 Å². The molecule has 2 aromatic rings. The van der Waals surface area contributed by atoms with Crippen LogP contribution in [0.1, 0.15) is 5.56 Å². The summed E-state index contributed by atoms with van der Waals surface area (Å²) in [6.45, 7) is 0. The number of hydrogen-bond acceptors (Lipinski definition) is 4. The van der Waals surface area contributed by atoms with Crippen molar-refractivity contribution in [2.24, 2.45) is 0 Å². The van der Waals surface area contributed by atoms with Crippen LogP contribution in [0.15, 0.2) is 42.7 Å². The molecule has 0 fully saturated rings. The zero-order valence-electron chi connectivity index (χ0n) is 8.70. The number of nitro benzene ring substituents is 1. The van der Waals surface area contributed by atoms with E-state index in [1.54, 1.807) is 36.7 Å². The molecule has 0 N–H and O–H groups in total. The van der Waals surface area contributed by atoms with Gasteiger partial charge in [0.25, 0.3) is 5.69 Å². The van der Waals surface area contributed by atoms with E-state index in [0.29, 0.717) is 11.1 Å². The molecule has 0 aliphatic rings. The first-order valence-electron chi connectivity index (χ1n) is 4.82. The molecule has 5 heteroatoms.